The maximum Gasteiger partial charge on any atom is 0.341 e. The van der Waals surface area contributed by atoms with Gasteiger partial charge in [-0.3, -0.25) is 9.59 Å². The van der Waals surface area contributed by atoms with Crippen LogP contribution in [0.5, 0.6) is 0 Å². The zero-order valence-electron chi connectivity index (χ0n) is 20.0. The lowest BCUT2D eigenvalue weighted by atomic mass is 10.1. The Bertz CT molecular complexity index is 1380. The van der Waals surface area contributed by atoms with Crippen molar-refractivity contribution in [1.29, 1.82) is 0 Å². The maximum atomic E-state index is 12.7. The summed E-state index contributed by atoms with van der Waals surface area (Å²) in [5.74, 6) is -0.881. The van der Waals surface area contributed by atoms with Crippen LogP contribution in [0.25, 0.3) is 5.69 Å². The zero-order chi connectivity index (χ0) is 25.5. The molecule has 3 aromatic carbocycles. The van der Waals surface area contributed by atoms with Gasteiger partial charge in [-0.25, -0.2) is 9.48 Å². The molecule has 0 saturated carbocycles. The first-order chi connectivity index (χ1) is 17.5. The molecule has 8 nitrogen and oxygen atoms in total. The highest BCUT2D eigenvalue weighted by Gasteiger charge is 2.16. The third-order valence-electron chi connectivity index (χ3n) is 5.55. The van der Waals surface area contributed by atoms with Gasteiger partial charge in [-0.15, -0.1) is 0 Å². The van der Waals surface area contributed by atoms with Crippen LogP contribution in [0.3, 0.4) is 0 Å². The molecule has 0 spiro atoms. The molecule has 36 heavy (non-hydrogen) atoms. The van der Waals surface area contributed by atoms with Crippen LogP contribution in [-0.2, 0) is 11.3 Å². The van der Waals surface area contributed by atoms with Crippen LogP contribution in [0.1, 0.15) is 49.3 Å². The highest BCUT2D eigenvalue weighted by molar-refractivity contribution is 6.04. The summed E-state index contributed by atoms with van der Waals surface area (Å²) in [5.41, 5.74) is 4.28. The molecule has 4 rings (SSSR count). The molecule has 0 fully saturated rings. The van der Waals surface area contributed by atoms with Crippen LogP contribution >= 0.6 is 0 Å². The smallest absolute Gasteiger partial charge is 0.341 e. The molecule has 0 radical (unpaired) electrons. The number of benzene rings is 3. The number of ether oxygens (including phenoxy) is 1. The van der Waals surface area contributed by atoms with Crippen molar-refractivity contribution in [2.45, 2.75) is 20.4 Å². The molecule has 1 heterocycles. The molecule has 0 saturated heterocycles. The summed E-state index contributed by atoms with van der Waals surface area (Å²) in [7, 11) is 0. The van der Waals surface area contributed by atoms with Gasteiger partial charge in [0.15, 0.2) is 0 Å². The number of aromatic nitrogens is 2. The number of carbonyl (C=O) groups excluding carboxylic acids is 3. The van der Waals surface area contributed by atoms with E-state index in [2.05, 4.69) is 15.7 Å². The lowest BCUT2D eigenvalue weighted by molar-refractivity contribution is 0.0525. The normalized spacial score (nSPS) is 10.5. The Balaban J connectivity index is 1.38. The Hall–Kier alpha value is -4.72. The first-order valence-electron chi connectivity index (χ1n) is 11.5. The number of anilines is 1. The van der Waals surface area contributed by atoms with Gasteiger partial charge in [-0.2, -0.15) is 5.10 Å². The summed E-state index contributed by atoms with van der Waals surface area (Å²) >= 11 is 0. The first-order valence-corrected chi connectivity index (χ1v) is 11.5. The van der Waals surface area contributed by atoms with Gasteiger partial charge >= 0.3 is 5.97 Å². The Morgan fingerprint density at radius 1 is 0.889 bits per heavy atom. The fraction of sp³-hybridized carbons (Fsp3) is 0.143. The largest absolute Gasteiger partial charge is 0.462 e. The topological polar surface area (TPSA) is 102 Å². The minimum absolute atomic E-state index is 0.218. The van der Waals surface area contributed by atoms with Crippen molar-refractivity contribution in [3.63, 3.8) is 0 Å². The number of nitrogens with one attached hydrogen (secondary N) is 2. The number of hydrogen-bond acceptors (Lipinski definition) is 5. The number of nitrogens with zero attached hydrogens (tertiary/aromatic N) is 2. The summed E-state index contributed by atoms with van der Waals surface area (Å²) in [6.45, 7) is 4.10. The van der Waals surface area contributed by atoms with E-state index in [1.807, 2.05) is 36.4 Å². The quantitative estimate of drug-likeness (QED) is 0.359. The van der Waals surface area contributed by atoms with Gasteiger partial charge in [0.25, 0.3) is 11.8 Å². The second-order valence-corrected chi connectivity index (χ2v) is 8.03. The van der Waals surface area contributed by atoms with E-state index in [1.165, 1.54) is 6.20 Å². The molecule has 1 aromatic heterocycles. The van der Waals surface area contributed by atoms with E-state index in [9.17, 15) is 14.4 Å². The van der Waals surface area contributed by atoms with E-state index in [4.69, 9.17) is 4.74 Å². The zero-order valence-corrected chi connectivity index (χ0v) is 20.0. The monoisotopic (exact) mass is 482 g/mol. The van der Waals surface area contributed by atoms with Gasteiger partial charge in [0.05, 0.1) is 24.2 Å². The van der Waals surface area contributed by atoms with Gasteiger partial charge in [-0.1, -0.05) is 30.3 Å². The molecular weight excluding hydrogens is 456 g/mol. The van der Waals surface area contributed by atoms with Gasteiger partial charge < -0.3 is 15.4 Å². The van der Waals surface area contributed by atoms with Crippen molar-refractivity contribution in [2.75, 3.05) is 11.9 Å². The van der Waals surface area contributed by atoms with Crippen molar-refractivity contribution < 1.29 is 19.1 Å². The van der Waals surface area contributed by atoms with Crippen LogP contribution in [0.4, 0.5) is 5.69 Å². The minimum atomic E-state index is -0.418. The van der Waals surface area contributed by atoms with Crippen LogP contribution in [0.15, 0.2) is 85.1 Å². The third-order valence-corrected chi connectivity index (χ3v) is 5.55. The summed E-state index contributed by atoms with van der Waals surface area (Å²) in [4.78, 5) is 37.3. The molecule has 0 bridgehead atoms. The molecule has 0 aliphatic rings. The standard InChI is InChI=1S/C28H26N4O4/c1-3-36-28(35)25-18-30-32(19(25)2)24-14-12-21(13-15-24)26(33)29-17-20-8-7-9-22(16-20)27(34)31-23-10-5-4-6-11-23/h4-16,18H,3,17H2,1-2H3,(H,29,33)(H,31,34). The van der Waals surface area contributed by atoms with E-state index in [1.54, 1.807) is 61.0 Å². The van der Waals surface area contributed by atoms with Gasteiger partial charge in [-0.05, 0) is 67.9 Å². The molecule has 0 unspecified atom stereocenters. The first kappa shape index (κ1) is 24.4. The molecule has 0 aliphatic heterocycles. The minimum Gasteiger partial charge on any atom is -0.462 e. The average molecular weight is 483 g/mol. The molecule has 0 atom stereocenters. The molecule has 182 valence electrons. The number of amides is 2. The molecule has 0 aliphatic carbocycles. The third kappa shape index (κ3) is 5.67. The fourth-order valence-electron chi connectivity index (χ4n) is 3.66. The molecule has 4 aromatic rings. The fourth-order valence-corrected chi connectivity index (χ4v) is 3.66. The Morgan fingerprint density at radius 2 is 1.64 bits per heavy atom. The van der Waals surface area contributed by atoms with Gasteiger partial charge in [0, 0.05) is 23.4 Å². The van der Waals surface area contributed by atoms with E-state index in [0.29, 0.717) is 34.7 Å². The van der Waals surface area contributed by atoms with E-state index >= 15 is 0 Å². The Kier molecular flexibility index (Phi) is 7.55. The highest BCUT2D eigenvalue weighted by Crippen LogP contribution is 2.16. The lowest BCUT2D eigenvalue weighted by Gasteiger charge is -2.09. The van der Waals surface area contributed by atoms with Crippen molar-refractivity contribution in [3.05, 3.63) is 113 Å². The van der Waals surface area contributed by atoms with E-state index in [0.717, 1.165) is 11.3 Å². The summed E-state index contributed by atoms with van der Waals surface area (Å²) in [5, 5.41) is 10.0. The SMILES string of the molecule is CCOC(=O)c1cnn(-c2ccc(C(=O)NCc3cccc(C(=O)Nc4ccccc4)c3)cc2)c1C. The average Bonchev–Trinajstić information content (AvgIpc) is 3.29. The highest BCUT2D eigenvalue weighted by atomic mass is 16.5. The van der Waals surface area contributed by atoms with Crippen LogP contribution in [0, 0.1) is 6.92 Å². The second-order valence-electron chi connectivity index (χ2n) is 8.03. The number of esters is 1. The predicted octanol–water partition coefficient (Wildman–Crippen LogP) is 4.54. The van der Waals surface area contributed by atoms with E-state index in [-0.39, 0.29) is 18.4 Å². The molecule has 8 heteroatoms. The maximum absolute atomic E-state index is 12.7. The summed E-state index contributed by atoms with van der Waals surface area (Å²) in [6.07, 6.45) is 1.47. The number of hydrogen-bond donors (Lipinski definition) is 2. The Morgan fingerprint density at radius 3 is 2.36 bits per heavy atom. The number of rotatable bonds is 8. The van der Waals surface area contributed by atoms with Gasteiger partial charge in [0.1, 0.15) is 5.56 Å². The van der Waals surface area contributed by atoms with Crippen molar-refractivity contribution in [1.82, 2.24) is 15.1 Å². The van der Waals surface area contributed by atoms with Crippen molar-refractivity contribution >= 4 is 23.5 Å². The van der Waals surface area contributed by atoms with Crippen molar-refractivity contribution in [3.8, 4) is 5.69 Å². The lowest BCUT2D eigenvalue weighted by Crippen LogP contribution is -2.23. The predicted molar refractivity (Wildman–Crippen MR) is 136 cm³/mol. The van der Waals surface area contributed by atoms with Crippen molar-refractivity contribution in [2.24, 2.45) is 0 Å². The van der Waals surface area contributed by atoms with Crippen LogP contribution in [-0.4, -0.2) is 34.2 Å². The van der Waals surface area contributed by atoms with Crippen LogP contribution in [0.2, 0.25) is 0 Å². The summed E-state index contributed by atoms with van der Waals surface area (Å²) in [6, 6.07) is 23.3. The van der Waals surface area contributed by atoms with E-state index < -0.39 is 5.97 Å². The number of carbonyl (C=O) groups is 3. The number of para-hydroxylation sites is 1. The van der Waals surface area contributed by atoms with Gasteiger partial charge in [0.2, 0.25) is 0 Å². The summed E-state index contributed by atoms with van der Waals surface area (Å²) < 4.78 is 6.68. The van der Waals surface area contributed by atoms with Crippen LogP contribution < -0.4 is 10.6 Å². The molecule has 2 N–H and O–H groups in total. The molecular formula is C28H26N4O4. The second kappa shape index (κ2) is 11.1. The Labute approximate surface area is 208 Å². The molecule has 2 amide bonds.